The maximum absolute atomic E-state index is 5.99. The van der Waals surface area contributed by atoms with Gasteiger partial charge in [-0.1, -0.05) is 37.6 Å². The number of rotatable bonds is 8. The second kappa shape index (κ2) is 8.15. The molecule has 0 spiro atoms. The molecule has 21 heavy (non-hydrogen) atoms. The van der Waals surface area contributed by atoms with Crippen LogP contribution in [0.2, 0.25) is 5.02 Å². The number of hydrogen-bond acceptors (Lipinski definition) is 3. The van der Waals surface area contributed by atoms with Crippen molar-refractivity contribution in [1.82, 2.24) is 20.1 Å². The topological polar surface area (TPSA) is 42.7 Å². The standard InChI is InChI=1S/C16H23ClN4/c1-3-9-21-16(19-12-20-21)10-14(11-18-4-2)13-5-7-15(17)8-6-13/h5-8,12,14,18H,3-4,9-11H2,1-2H3. The van der Waals surface area contributed by atoms with E-state index in [9.17, 15) is 0 Å². The zero-order valence-electron chi connectivity index (χ0n) is 12.7. The van der Waals surface area contributed by atoms with Crippen LogP contribution in [-0.2, 0) is 13.0 Å². The Hall–Kier alpha value is -1.39. The van der Waals surface area contributed by atoms with Crippen molar-refractivity contribution >= 4 is 11.6 Å². The molecule has 0 saturated heterocycles. The van der Waals surface area contributed by atoms with E-state index in [-0.39, 0.29) is 0 Å². The van der Waals surface area contributed by atoms with Crippen LogP contribution in [-0.4, -0.2) is 27.9 Å². The van der Waals surface area contributed by atoms with Gasteiger partial charge in [0.1, 0.15) is 12.2 Å². The summed E-state index contributed by atoms with van der Waals surface area (Å²) in [6, 6.07) is 8.11. The molecule has 1 aromatic carbocycles. The van der Waals surface area contributed by atoms with E-state index in [4.69, 9.17) is 11.6 Å². The largest absolute Gasteiger partial charge is 0.316 e. The lowest BCUT2D eigenvalue weighted by Gasteiger charge is -2.18. The lowest BCUT2D eigenvalue weighted by molar-refractivity contribution is 0.526. The van der Waals surface area contributed by atoms with Gasteiger partial charge in [-0.3, -0.25) is 4.68 Å². The van der Waals surface area contributed by atoms with Gasteiger partial charge in [-0.15, -0.1) is 0 Å². The Morgan fingerprint density at radius 3 is 2.67 bits per heavy atom. The highest BCUT2D eigenvalue weighted by atomic mass is 35.5. The zero-order chi connectivity index (χ0) is 15.1. The van der Waals surface area contributed by atoms with Crippen LogP contribution in [0.3, 0.4) is 0 Å². The molecule has 0 fully saturated rings. The highest BCUT2D eigenvalue weighted by Crippen LogP contribution is 2.21. The molecule has 1 N–H and O–H groups in total. The summed E-state index contributed by atoms with van der Waals surface area (Å²) in [6.07, 6.45) is 3.60. The third-order valence-corrected chi connectivity index (χ3v) is 3.79. The Balaban J connectivity index is 2.15. The van der Waals surface area contributed by atoms with Crippen molar-refractivity contribution in [3.63, 3.8) is 0 Å². The second-order valence-electron chi connectivity index (χ2n) is 5.16. The number of likely N-dealkylation sites (N-methyl/N-ethyl adjacent to an activating group) is 1. The molecule has 0 radical (unpaired) electrons. The fourth-order valence-corrected chi connectivity index (χ4v) is 2.55. The van der Waals surface area contributed by atoms with Crippen LogP contribution in [0.4, 0.5) is 0 Å². The maximum Gasteiger partial charge on any atom is 0.138 e. The van der Waals surface area contributed by atoms with Crippen molar-refractivity contribution in [2.75, 3.05) is 13.1 Å². The predicted octanol–water partition coefficient (Wildman–Crippen LogP) is 3.28. The number of benzene rings is 1. The van der Waals surface area contributed by atoms with E-state index >= 15 is 0 Å². The Labute approximate surface area is 131 Å². The van der Waals surface area contributed by atoms with Gasteiger partial charge in [0.25, 0.3) is 0 Å². The van der Waals surface area contributed by atoms with Gasteiger partial charge in [0.2, 0.25) is 0 Å². The molecule has 0 amide bonds. The average Bonchev–Trinajstić information content (AvgIpc) is 2.92. The number of halogens is 1. The molecule has 0 aliphatic heterocycles. The SMILES string of the molecule is CCCn1ncnc1CC(CNCC)c1ccc(Cl)cc1. The predicted molar refractivity (Wildman–Crippen MR) is 86.8 cm³/mol. The molecule has 0 bridgehead atoms. The molecule has 1 aromatic heterocycles. The van der Waals surface area contributed by atoms with E-state index in [1.54, 1.807) is 6.33 Å². The maximum atomic E-state index is 5.99. The summed E-state index contributed by atoms with van der Waals surface area (Å²) < 4.78 is 2.01. The molecule has 0 aliphatic rings. The van der Waals surface area contributed by atoms with Crippen LogP contribution in [0.5, 0.6) is 0 Å². The number of aryl methyl sites for hydroxylation is 1. The summed E-state index contributed by atoms with van der Waals surface area (Å²) in [4.78, 5) is 4.42. The van der Waals surface area contributed by atoms with Crippen LogP contribution in [0, 0.1) is 0 Å². The Bertz CT molecular complexity index is 535. The summed E-state index contributed by atoms with van der Waals surface area (Å²) in [6.45, 7) is 7.09. The van der Waals surface area contributed by atoms with E-state index in [2.05, 4.69) is 41.4 Å². The van der Waals surface area contributed by atoms with Crippen LogP contribution >= 0.6 is 11.6 Å². The van der Waals surface area contributed by atoms with Gasteiger partial charge in [0.05, 0.1) is 0 Å². The monoisotopic (exact) mass is 306 g/mol. The number of nitrogens with one attached hydrogen (secondary N) is 1. The van der Waals surface area contributed by atoms with E-state index in [0.717, 1.165) is 43.3 Å². The molecule has 1 heterocycles. The van der Waals surface area contributed by atoms with Crippen LogP contribution in [0.25, 0.3) is 0 Å². The first-order valence-corrected chi connectivity index (χ1v) is 7.95. The summed E-state index contributed by atoms with van der Waals surface area (Å²) >= 11 is 5.99. The summed E-state index contributed by atoms with van der Waals surface area (Å²) in [5.74, 6) is 1.43. The van der Waals surface area contributed by atoms with Gasteiger partial charge in [-0.25, -0.2) is 4.98 Å². The lowest BCUT2D eigenvalue weighted by atomic mass is 9.95. The Morgan fingerprint density at radius 1 is 1.24 bits per heavy atom. The van der Waals surface area contributed by atoms with Crippen molar-refractivity contribution in [3.8, 4) is 0 Å². The zero-order valence-corrected chi connectivity index (χ0v) is 13.5. The minimum Gasteiger partial charge on any atom is -0.316 e. The normalized spacial score (nSPS) is 12.5. The molecular formula is C16H23ClN4. The van der Waals surface area contributed by atoms with Gasteiger partial charge in [-0.05, 0) is 30.7 Å². The number of hydrogen-bond donors (Lipinski definition) is 1. The first kappa shape index (κ1) is 16.0. The average molecular weight is 307 g/mol. The third kappa shape index (κ3) is 4.55. The van der Waals surface area contributed by atoms with Crippen molar-refractivity contribution in [1.29, 1.82) is 0 Å². The number of nitrogens with zero attached hydrogens (tertiary/aromatic N) is 3. The molecule has 4 nitrogen and oxygen atoms in total. The molecular weight excluding hydrogens is 284 g/mol. The second-order valence-corrected chi connectivity index (χ2v) is 5.60. The van der Waals surface area contributed by atoms with Gasteiger partial charge in [0, 0.05) is 30.5 Å². The number of aromatic nitrogens is 3. The molecule has 2 rings (SSSR count). The molecule has 1 unspecified atom stereocenters. The Kier molecular flexibility index (Phi) is 6.21. The first-order chi connectivity index (χ1) is 10.2. The van der Waals surface area contributed by atoms with E-state index in [0.29, 0.717) is 5.92 Å². The minimum absolute atomic E-state index is 0.377. The summed E-state index contributed by atoms with van der Waals surface area (Å²) in [5, 5.41) is 8.52. The van der Waals surface area contributed by atoms with E-state index in [1.165, 1.54) is 5.56 Å². The van der Waals surface area contributed by atoms with Crippen LogP contribution in [0.1, 0.15) is 37.6 Å². The fourth-order valence-electron chi connectivity index (χ4n) is 2.43. The molecule has 5 heteroatoms. The van der Waals surface area contributed by atoms with Gasteiger partial charge >= 0.3 is 0 Å². The minimum atomic E-state index is 0.377. The van der Waals surface area contributed by atoms with Crippen molar-refractivity contribution in [2.24, 2.45) is 0 Å². The third-order valence-electron chi connectivity index (χ3n) is 3.54. The molecule has 0 saturated carbocycles. The fraction of sp³-hybridized carbons (Fsp3) is 0.500. The van der Waals surface area contributed by atoms with Crippen molar-refractivity contribution in [2.45, 2.75) is 39.2 Å². The molecule has 114 valence electrons. The first-order valence-electron chi connectivity index (χ1n) is 7.57. The highest BCUT2D eigenvalue weighted by Gasteiger charge is 2.15. The van der Waals surface area contributed by atoms with Crippen molar-refractivity contribution < 1.29 is 0 Å². The van der Waals surface area contributed by atoms with Gasteiger partial charge < -0.3 is 5.32 Å². The van der Waals surface area contributed by atoms with E-state index < -0.39 is 0 Å². The van der Waals surface area contributed by atoms with Crippen molar-refractivity contribution in [3.05, 3.63) is 47.0 Å². The van der Waals surface area contributed by atoms with Crippen LogP contribution in [0.15, 0.2) is 30.6 Å². The lowest BCUT2D eigenvalue weighted by Crippen LogP contribution is -2.24. The molecule has 0 aliphatic carbocycles. The summed E-state index contributed by atoms with van der Waals surface area (Å²) in [7, 11) is 0. The summed E-state index contributed by atoms with van der Waals surface area (Å²) in [5.41, 5.74) is 1.28. The molecule has 1 atom stereocenters. The Morgan fingerprint density at radius 2 is 2.00 bits per heavy atom. The smallest absolute Gasteiger partial charge is 0.138 e. The molecule has 2 aromatic rings. The van der Waals surface area contributed by atoms with Gasteiger partial charge in [0.15, 0.2) is 0 Å². The highest BCUT2D eigenvalue weighted by molar-refractivity contribution is 6.30. The van der Waals surface area contributed by atoms with Crippen LogP contribution < -0.4 is 5.32 Å². The van der Waals surface area contributed by atoms with E-state index in [1.807, 2.05) is 16.8 Å². The van der Waals surface area contributed by atoms with Gasteiger partial charge in [-0.2, -0.15) is 5.10 Å². The quantitative estimate of drug-likeness (QED) is 0.814.